The molecular formula is C10H14N2O. The molecule has 0 aliphatic rings. The van der Waals surface area contributed by atoms with Crippen LogP contribution in [-0.4, -0.2) is 21.5 Å². The van der Waals surface area contributed by atoms with Crippen LogP contribution in [0.3, 0.4) is 0 Å². The van der Waals surface area contributed by atoms with E-state index in [9.17, 15) is 5.21 Å². The maximum absolute atomic E-state index is 11.5. The third kappa shape index (κ3) is 2.86. The molecule has 70 valence electrons. The van der Waals surface area contributed by atoms with Gasteiger partial charge in [-0.1, -0.05) is 0 Å². The van der Waals surface area contributed by atoms with Crippen LogP contribution in [0.4, 0.5) is 0 Å². The van der Waals surface area contributed by atoms with Gasteiger partial charge >= 0.3 is 0 Å². The molecule has 0 aliphatic heterocycles. The Morgan fingerprint density at radius 3 is 2.62 bits per heavy atom. The summed E-state index contributed by atoms with van der Waals surface area (Å²) in [7, 11) is 0. The monoisotopic (exact) mass is 178 g/mol. The molecule has 0 radical (unpaired) electrons. The van der Waals surface area contributed by atoms with Crippen LogP contribution in [0.15, 0.2) is 24.5 Å². The van der Waals surface area contributed by atoms with Gasteiger partial charge in [0.2, 0.25) is 0 Å². The maximum Gasteiger partial charge on any atom is 0.183 e. The Kier molecular flexibility index (Phi) is 2.66. The lowest BCUT2D eigenvalue weighted by Gasteiger charge is -2.18. The van der Waals surface area contributed by atoms with Gasteiger partial charge < -0.3 is 5.21 Å². The van der Waals surface area contributed by atoms with Crippen molar-refractivity contribution in [3.05, 3.63) is 35.3 Å². The van der Waals surface area contributed by atoms with Gasteiger partial charge in [-0.25, -0.2) is 4.74 Å². The van der Waals surface area contributed by atoms with Gasteiger partial charge in [0.25, 0.3) is 0 Å². The molecule has 1 heterocycles. The highest BCUT2D eigenvalue weighted by Gasteiger charge is 2.17. The third-order valence-corrected chi connectivity index (χ3v) is 1.61. The maximum atomic E-state index is 11.5. The van der Waals surface area contributed by atoms with Crippen molar-refractivity contribution in [3.8, 4) is 0 Å². The van der Waals surface area contributed by atoms with Gasteiger partial charge in [-0.3, -0.25) is 4.98 Å². The van der Waals surface area contributed by atoms with Crippen LogP contribution in [-0.2, 0) is 0 Å². The topological polar surface area (TPSA) is 39.0 Å². The molecular weight excluding hydrogens is 164 g/mol. The number of hydrogen-bond acceptors (Lipinski definition) is 2. The Morgan fingerprint density at radius 1 is 1.46 bits per heavy atom. The predicted molar refractivity (Wildman–Crippen MR) is 52.8 cm³/mol. The van der Waals surface area contributed by atoms with Gasteiger partial charge in [0.05, 0.1) is 5.56 Å². The Bertz CT molecular complexity index is 298. The van der Waals surface area contributed by atoms with E-state index in [-0.39, 0.29) is 0 Å². The first-order valence-electron chi connectivity index (χ1n) is 4.21. The summed E-state index contributed by atoms with van der Waals surface area (Å²) in [4.78, 5) is 3.92. The minimum Gasteiger partial charge on any atom is -0.623 e. The smallest absolute Gasteiger partial charge is 0.183 e. The van der Waals surface area contributed by atoms with Crippen molar-refractivity contribution in [2.75, 3.05) is 0 Å². The molecule has 0 fully saturated rings. The molecule has 0 spiro atoms. The highest BCUT2D eigenvalue weighted by Crippen LogP contribution is 2.05. The van der Waals surface area contributed by atoms with Gasteiger partial charge in [0, 0.05) is 33.2 Å². The lowest BCUT2D eigenvalue weighted by atomic mass is 10.1. The summed E-state index contributed by atoms with van der Waals surface area (Å²) in [5.74, 6) is 0. The van der Waals surface area contributed by atoms with Crippen LogP contribution in [0.2, 0.25) is 0 Å². The average molecular weight is 178 g/mol. The number of pyridine rings is 1. The van der Waals surface area contributed by atoms with Crippen LogP contribution in [0.1, 0.15) is 26.3 Å². The van der Waals surface area contributed by atoms with Gasteiger partial charge in [-0.05, 0) is 12.1 Å². The molecule has 0 N–H and O–H groups in total. The molecule has 3 heteroatoms. The van der Waals surface area contributed by atoms with Crippen molar-refractivity contribution in [1.82, 2.24) is 4.98 Å². The molecule has 1 aromatic heterocycles. The van der Waals surface area contributed by atoms with Gasteiger partial charge in [-0.15, -0.1) is 0 Å². The molecule has 0 unspecified atom stereocenters. The summed E-state index contributed by atoms with van der Waals surface area (Å²) < 4.78 is 0.935. The number of rotatable bonds is 1. The number of hydrogen-bond donors (Lipinski definition) is 0. The molecule has 0 bridgehead atoms. The van der Waals surface area contributed by atoms with Crippen molar-refractivity contribution in [2.45, 2.75) is 26.3 Å². The van der Waals surface area contributed by atoms with Crippen LogP contribution < -0.4 is 0 Å². The Balaban J connectivity index is 2.90. The van der Waals surface area contributed by atoms with Crippen LogP contribution in [0, 0.1) is 5.21 Å². The van der Waals surface area contributed by atoms with Gasteiger partial charge in [-0.2, -0.15) is 0 Å². The SMILES string of the molecule is CC(C)(C)/[N+]([O-])=C/c1cccnc1. The number of nitrogens with zero attached hydrogens (tertiary/aromatic N) is 2. The predicted octanol–water partition coefficient (Wildman–Crippen LogP) is 1.81. The largest absolute Gasteiger partial charge is 0.623 e. The van der Waals surface area contributed by atoms with E-state index in [1.807, 2.05) is 32.9 Å². The molecule has 0 atom stereocenters. The van der Waals surface area contributed by atoms with E-state index < -0.39 is 5.54 Å². The molecule has 0 saturated carbocycles. The fraction of sp³-hybridized carbons (Fsp3) is 0.400. The lowest BCUT2D eigenvalue weighted by Crippen LogP contribution is -2.29. The van der Waals surface area contributed by atoms with E-state index in [0.29, 0.717) is 0 Å². The number of hydroxylamine groups is 1. The van der Waals surface area contributed by atoms with E-state index in [1.165, 1.54) is 0 Å². The fourth-order valence-electron chi connectivity index (χ4n) is 0.781. The fourth-order valence-corrected chi connectivity index (χ4v) is 0.781. The van der Waals surface area contributed by atoms with E-state index >= 15 is 0 Å². The molecule has 1 rings (SSSR count). The van der Waals surface area contributed by atoms with E-state index in [4.69, 9.17) is 0 Å². The molecule has 1 aromatic rings. The zero-order chi connectivity index (χ0) is 9.90. The Hall–Kier alpha value is -1.38. The highest BCUT2D eigenvalue weighted by molar-refractivity contribution is 5.74. The highest BCUT2D eigenvalue weighted by atomic mass is 16.5. The molecule has 3 nitrogen and oxygen atoms in total. The summed E-state index contributed by atoms with van der Waals surface area (Å²) in [6, 6.07) is 3.66. The van der Waals surface area contributed by atoms with Crippen molar-refractivity contribution < 1.29 is 4.74 Å². The van der Waals surface area contributed by atoms with Crippen molar-refractivity contribution in [1.29, 1.82) is 0 Å². The summed E-state index contributed by atoms with van der Waals surface area (Å²) in [5, 5.41) is 11.5. The normalized spacial score (nSPS) is 13.0. The Labute approximate surface area is 78.3 Å². The lowest BCUT2D eigenvalue weighted by molar-refractivity contribution is -0.530. The van der Waals surface area contributed by atoms with Crippen LogP contribution in [0.25, 0.3) is 0 Å². The average Bonchev–Trinajstić information content (AvgIpc) is 2.04. The molecule has 0 aromatic carbocycles. The second-order valence-electron chi connectivity index (χ2n) is 3.91. The molecule has 0 saturated heterocycles. The second-order valence-corrected chi connectivity index (χ2v) is 3.91. The first-order chi connectivity index (χ1) is 6.00. The van der Waals surface area contributed by atoms with E-state index in [0.717, 1.165) is 10.3 Å². The molecule has 0 amide bonds. The quantitative estimate of drug-likeness (QED) is 0.285. The summed E-state index contributed by atoms with van der Waals surface area (Å²) in [5.41, 5.74) is 0.433. The van der Waals surface area contributed by atoms with Crippen LogP contribution in [0.5, 0.6) is 0 Å². The van der Waals surface area contributed by atoms with Gasteiger partial charge in [0.1, 0.15) is 0 Å². The Morgan fingerprint density at radius 2 is 2.15 bits per heavy atom. The minimum absolute atomic E-state index is 0.393. The zero-order valence-corrected chi connectivity index (χ0v) is 8.19. The van der Waals surface area contributed by atoms with E-state index in [1.54, 1.807) is 18.6 Å². The zero-order valence-electron chi connectivity index (χ0n) is 8.19. The standard InChI is InChI=1S/C10H14N2O/c1-10(2,3)12(13)8-9-5-4-6-11-7-9/h4-8H,1-3H3/b12-8-. The van der Waals surface area contributed by atoms with Crippen molar-refractivity contribution in [3.63, 3.8) is 0 Å². The first-order valence-corrected chi connectivity index (χ1v) is 4.21. The van der Waals surface area contributed by atoms with Crippen molar-refractivity contribution >= 4 is 6.21 Å². The second kappa shape index (κ2) is 3.56. The summed E-state index contributed by atoms with van der Waals surface area (Å²) >= 11 is 0. The van der Waals surface area contributed by atoms with Crippen LogP contribution >= 0.6 is 0 Å². The minimum atomic E-state index is -0.393. The first kappa shape index (κ1) is 9.71. The third-order valence-electron chi connectivity index (χ3n) is 1.61. The summed E-state index contributed by atoms with van der Waals surface area (Å²) in [6.07, 6.45) is 4.90. The molecule has 13 heavy (non-hydrogen) atoms. The number of aromatic nitrogens is 1. The van der Waals surface area contributed by atoms with Gasteiger partial charge in [0.15, 0.2) is 11.8 Å². The summed E-state index contributed by atoms with van der Waals surface area (Å²) in [6.45, 7) is 5.60. The molecule has 0 aliphatic carbocycles. The van der Waals surface area contributed by atoms with Crippen molar-refractivity contribution in [2.24, 2.45) is 0 Å². The van der Waals surface area contributed by atoms with E-state index in [2.05, 4.69) is 4.98 Å².